The molecule has 0 fully saturated rings. The number of amides is 1. The number of aromatic hydroxyl groups is 1. The van der Waals surface area contributed by atoms with Gasteiger partial charge in [-0.3, -0.25) is 4.79 Å². The van der Waals surface area contributed by atoms with Gasteiger partial charge in [0.25, 0.3) is 0 Å². The third-order valence-electron chi connectivity index (χ3n) is 4.46. The summed E-state index contributed by atoms with van der Waals surface area (Å²) in [4.78, 5) is 12.4. The molecule has 0 saturated heterocycles. The summed E-state index contributed by atoms with van der Waals surface area (Å²) in [7, 11) is 1.51. The number of aryl methyl sites for hydroxylation is 1. The Morgan fingerprint density at radius 3 is 2.64 bits per heavy atom. The van der Waals surface area contributed by atoms with Crippen molar-refractivity contribution in [3.05, 3.63) is 59.2 Å². The minimum absolute atomic E-state index is 0.0595. The number of hydrogen-bond acceptors (Lipinski definition) is 4. The molecule has 130 valence electrons. The van der Waals surface area contributed by atoms with E-state index in [0.717, 1.165) is 11.3 Å². The number of para-hydroxylation sites is 1. The van der Waals surface area contributed by atoms with Crippen LogP contribution in [-0.2, 0) is 4.79 Å². The maximum atomic E-state index is 12.4. The Balaban J connectivity index is 2.00. The molecule has 0 saturated carbocycles. The van der Waals surface area contributed by atoms with Crippen LogP contribution in [0, 0.1) is 6.92 Å². The van der Waals surface area contributed by atoms with Crippen LogP contribution in [-0.4, -0.2) is 28.8 Å². The van der Waals surface area contributed by atoms with Crippen LogP contribution in [0.3, 0.4) is 0 Å². The number of rotatable bonds is 4. The van der Waals surface area contributed by atoms with Crippen LogP contribution in [0.5, 0.6) is 11.5 Å². The summed E-state index contributed by atoms with van der Waals surface area (Å²) in [5.41, 5.74) is 3.65. The lowest BCUT2D eigenvalue weighted by Crippen LogP contribution is -2.26. The highest BCUT2D eigenvalue weighted by molar-refractivity contribution is 6.03. The first-order chi connectivity index (χ1) is 12.0. The first-order valence-electron chi connectivity index (χ1n) is 8.37. The standard InChI is InChI=1S/C20H22N2O3/c1-4-19(23)22-17(15-6-5-7-18(25-3)20(15)24)12-16(21-22)14-10-8-13(2)9-11-14/h5-11,17,24H,4,12H2,1-3H3/t17-/m1/s1. The molecule has 5 heteroatoms. The fourth-order valence-corrected chi connectivity index (χ4v) is 3.04. The lowest BCUT2D eigenvalue weighted by Gasteiger charge is -2.22. The van der Waals surface area contributed by atoms with E-state index >= 15 is 0 Å². The Labute approximate surface area is 147 Å². The number of benzene rings is 2. The van der Waals surface area contributed by atoms with E-state index in [1.807, 2.05) is 50.2 Å². The van der Waals surface area contributed by atoms with Gasteiger partial charge < -0.3 is 9.84 Å². The van der Waals surface area contributed by atoms with Gasteiger partial charge in [0.1, 0.15) is 0 Å². The molecule has 1 N–H and O–H groups in total. The molecule has 2 aromatic carbocycles. The molecule has 0 aromatic heterocycles. The molecule has 25 heavy (non-hydrogen) atoms. The van der Waals surface area contributed by atoms with Crippen LogP contribution in [0.25, 0.3) is 0 Å². The number of carbonyl (C=O) groups is 1. The zero-order valence-corrected chi connectivity index (χ0v) is 14.7. The lowest BCUT2D eigenvalue weighted by molar-refractivity contribution is -0.132. The topological polar surface area (TPSA) is 62.1 Å². The van der Waals surface area contributed by atoms with E-state index < -0.39 is 0 Å². The van der Waals surface area contributed by atoms with E-state index in [4.69, 9.17) is 4.74 Å². The van der Waals surface area contributed by atoms with E-state index in [0.29, 0.717) is 24.2 Å². The van der Waals surface area contributed by atoms with Gasteiger partial charge >= 0.3 is 0 Å². The molecular formula is C20H22N2O3. The third-order valence-corrected chi connectivity index (χ3v) is 4.46. The van der Waals surface area contributed by atoms with E-state index in [2.05, 4.69) is 5.10 Å². The van der Waals surface area contributed by atoms with Gasteiger partial charge in [0.15, 0.2) is 11.5 Å². The minimum Gasteiger partial charge on any atom is -0.504 e. The van der Waals surface area contributed by atoms with Crippen molar-refractivity contribution in [3.8, 4) is 11.5 Å². The summed E-state index contributed by atoms with van der Waals surface area (Å²) < 4.78 is 5.20. The molecule has 2 aromatic rings. The molecule has 3 rings (SSSR count). The summed E-state index contributed by atoms with van der Waals surface area (Å²) in [6, 6.07) is 13.1. The largest absolute Gasteiger partial charge is 0.504 e. The second-order valence-corrected chi connectivity index (χ2v) is 6.12. The van der Waals surface area contributed by atoms with Gasteiger partial charge in [-0.05, 0) is 18.6 Å². The van der Waals surface area contributed by atoms with Crippen molar-refractivity contribution in [3.63, 3.8) is 0 Å². The molecule has 0 radical (unpaired) electrons. The van der Waals surface area contributed by atoms with Crippen LogP contribution < -0.4 is 4.74 Å². The second kappa shape index (κ2) is 6.97. The molecule has 1 heterocycles. The van der Waals surface area contributed by atoms with Gasteiger partial charge in [-0.25, -0.2) is 5.01 Å². The van der Waals surface area contributed by atoms with E-state index in [-0.39, 0.29) is 17.7 Å². The number of hydrazone groups is 1. The number of ether oxygens (including phenoxy) is 1. The molecule has 1 amide bonds. The van der Waals surface area contributed by atoms with Crippen LogP contribution in [0.1, 0.15) is 42.5 Å². The summed E-state index contributed by atoms with van der Waals surface area (Å²) in [6.07, 6.45) is 0.904. The van der Waals surface area contributed by atoms with Crippen molar-refractivity contribution in [2.75, 3.05) is 7.11 Å². The molecule has 0 bridgehead atoms. The van der Waals surface area contributed by atoms with Crippen LogP contribution >= 0.6 is 0 Å². The summed E-state index contributed by atoms with van der Waals surface area (Å²) >= 11 is 0. The summed E-state index contributed by atoms with van der Waals surface area (Å²) in [5, 5.41) is 16.6. The summed E-state index contributed by atoms with van der Waals surface area (Å²) in [5.74, 6) is 0.378. The minimum atomic E-state index is -0.334. The molecule has 1 aliphatic heterocycles. The van der Waals surface area contributed by atoms with E-state index in [1.165, 1.54) is 17.7 Å². The predicted octanol–water partition coefficient (Wildman–Crippen LogP) is 3.80. The highest BCUT2D eigenvalue weighted by Gasteiger charge is 2.34. The van der Waals surface area contributed by atoms with Gasteiger partial charge in [-0.1, -0.05) is 48.9 Å². The molecule has 0 spiro atoms. The van der Waals surface area contributed by atoms with Gasteiger partial charge in [-0.15, -0.1) is 0 Å². The fourth-order valence-electron chi connectivity index (χ4n) is 3.04. The lowest BCUT2D eigenvalue weighted by atomic mass is 9.97. The molecule has 1 aliphatic rings. The average molecular weight is 338 g/mol. The molecule has 1 atom stereocenters. The van der Waals surface area contributed by atoms with Crippen molar-refractivity contribution < 1.29 is 14.6 Å². The Morgan fingerprint density at radius 1 is 1.28 bits per heavy atom. The average Bonchev–Trinajstić information content (AvgIpc) is 3.07. The zero-order valence-electron chi connectivity index (χ0n) is 14.7. The van der Waals surface area contributed by atoms with Crippen LogP contribution in [0.15, 0.2) is 47.6 Å². The Hall–Kier alpha value is -2.82. The molecule has 0 unspecified atom stereocenters. The van der Waals surface area contributed by atoms with Crippen molar-refractivity contribution in [1.29, 1.82) is 0 Å². The first kappa shape index (κ1) is 17.0. The highest BCUT2D eigenvalue weighted by Crippen LogP contribution is 2.41. The normalized spacial score (nSPS) is 16.7. The van der Waals surface area contributed by atoms with Gasteiger partial charge in [0.05, 0.1) is 18.9 Å². The Bertz CT molecular complexity index is 812. The van der Waals surface area contributed by atoms with Gasteiger partial charge in [-0.2, -0.15) is 5.10 Å². The van der Waals surface area contributed by atoms with Gasteiger partial charge in [0.2, 0.25) is 5.91 Å². The number of phenols is 1. The maximum absolute atomic E-state index is 12.4. The Kier molecular flexibility index (Phi) is 4.74. The number of carbonyl (C=O) groups excluding carboxylic acids is 1. The smallest absolute Gasteiger partial charge is 0.242 e. The van der Waals surface area contributed by atoms with Crippen molar-refractivity contribution in [2.24, 2.45) is 5.10 Å². The van der Waals surface area contributed by atoms with Crippen LogP contribution in [0.4, 0.5) is 0 Å². The number of hydrogen-bond donors (Lipinski definition) is 1. The molecular weight excluding hydrogens is 316 g/mol. The number of nitrogens with zero attached hydrogens (tertiary/aromatic N) is 2. The van der Waals surface area contributed by atoms with Crippen molar-refractivity contribution in [2.45, 2.75) is 32.7 Å². The van der Waals surface area contributed by atoms with Crippen molar-refractivity contribution >= 4 is 11.6 Å². The van der Waals surface area contributed by atoms with Gasteiger partial charge in [0, 0.05) is 18.4 Å². The predicted molar refractivity (Wildman–Crippen MR) is 96.9 cm³/mol. The van der Waals surface area contributed by atoms with Crippen molar-refractivity contribution in [1.82, 2.24) is 5.01 Å². The van der Waals surface area contributed by atoms with E-state index in [9.17, 15) is 9.90 Å². The number of phenolic OH excluding ortho intramolecular Hbond substituents is 1. The third kappa shape index (κ3) is 3.22. The molecule has 5 nitrogen and oxygen atoms in total. The first-order valence-corrected chi connectivity index (χ1v) is 8.37. The zero-order chi connectivity index (χ0) is 18.0. The molecule has 0 aliphatic carbocycles. The van der Waals surface area contributed by atoms with E-state index in [1.54, 1.807) is 6.07 Å². The summed E-state index contributed by atoms with van der Waals surface area (Å²) in [6.45, 7) is 3.84. The quantitative estimate of drug-likeness (QED) is 0.922. The maximum Gasteiger partial charge on any atom is 0.242 e. The van der Waals surface area contributed by atoms with Crippen LogP contribution in [0.2, 0.25) is 0 Å². The number of methoxy groups -OCH3 is 1. The Morgan fingerprint density at radius 2 is 2.00 bits per heavy atom. The SMILES string of the molecule is CCC(=O)N1N=C(c2ccc(C)cc2)C[C@@H]1c1cccc(OC)c1O. The fraction of sp³-hybridized carbons (Fsp3) is 0.300. The highest BCUT2D eigenvalue weighted by atomic mass is 16.5. The second-order valence-electron chi connectivity index (χ2n) is 6.12. The monoisotopic (exact) mass is 338 g/mol.